The molecule has 0 aromatic rings. The number of nitrogens with zero attached hydrogens (tertiary/aromatic N) is 2. The smallest absolute Gasteiger partial charge is 0.171 e. The third-order valence-electron chi connectivity index (χ3n) is 3.79. The Hall–Kier alpha value is -0.430. The molecule has 1 atom stereocenters. The lowest BCUT2D eigenvalue weighted by Gasteiger charge is -2.50. The standard InChI is InChI=1S/C13H25N3O2S/c1-12(2)10-13(3,17)16(11(19)14-12)5-4-15-6-8-18-9-7-15/h17H,4-10H2,1-3H3,(H,14,19). The lowest BCUT2D eigenvalue weighted by Crippen LogP contribution is -2.67. The third kappa shape index (κ3) is 3.78. The minimum atomic E-state index is -0.877. The molecule has 0 radical (unpaired) electrons. The zero-order valence-corrected chi connectivity index (χ0v) is 12.9. The van der Waals surface area contributed by atoms with Crippen LogP contribution in [0.4, 0.5) is 0 Å². The van der Waals surface area contributed by atoms with Crippen LogP contribution < -0.4 is 5.32 Å². The Morgan fingerprint density at radius 1 is 1.26 bits per heavy atom. The molecule has 2 aliphatic rings. The Balaban J connectivity index is 1.93. The fourth-order valence-corrected chi connectivity index (χ4v) is 3.53. The number of hydrogen-bond acceptors (Lipinski definition) is 4. The summed E-state index contributed by atoms with van der Waals surface area (Å²) >= 11 is 5.40. The predicted molar refractivity (Wildman–Crippen MR) is 79.0 cm³/mol. The summed E-state index contributed by atoms with van der Waals surface area (Å²) in [6.45, 7) is 11.1. The quantitative estimate of drug-likeness (QED) is 0.732. The molecule has 0 spiro atoms. The van der Waals surface area contributed by atoms with Gasteiger partial charge in [-0.05, 0) is 33.0 Å². The van der Waals surface area contributed by atoms with Gasteiger partial charge in [-0.15, -0.1) is 0 Å². The topological polar surface area (TPSA) is 48.0 Å². The van der Waals surface area contributed by atoms with Gasteiger partial charge in [0, 0.05) is 38.1 Å². The van der Waals surface area contributed by atoms with Crippen LogP contribution in [0.2, 0.25) is 0 Å². The maximum absolute atomic E-state index is 10.6. The fraction of sp³-hybridized carbons (Fsp3) is 0.923. The summed E-state index contributed by atoms with van der Waals surface area (Å²) in [6, 6.07) is 0. The molecule has 2 heterocycles. The second-order valence-corrected chi connectivity index (χ2v) is 6.70. The lowest BCUT2D eigenvalue weighted by atomic mass is 9.90. The van der Waals surface area contributed by atoms with E-state index in [1.165, 1.54) is 0 Å². The molecule has 6 heteroatoms. The van der Waals surface area contributed by atoms with Gasteiger partial charge in [-0.1, -0.05) is 0 Å². The van der Waals surface area contributed by atoms with Gasteiger partial charge in [0.25, 0.3) is 0 Å². The zero-order chi connectivity index (χ0) is 14.1. The zero-order valence-electron chi connectivity index (χ0n) is 12.1. The van der Waals surface area contributed by atoms with E-state index in [0.29, 0.717) is 11.5 Å². The minimum Gasteiger partial charge on any atom is -0.379 e. The molecule has 0 aromatic heterocycles. The van der Waals surface area contributed by atoms with Gasteiger partial charge in [-0.2, -0.15) is 0 Å². The molecule has 2 aliphatic heterocycles. The van der Waals surface area contributed by atoms with E-state index in [-0.39, 0.29) is 5.54 Å². The van der Waals surface area contributed by atoms with Crippen LogP contribution in [0, 0.1) is 0 Å². The predicted octanol–water partition coefficient (Wildman–Crippen LogP) is 0.386. The van der Waals surface area contributed by atoms with Crippen LogP contribution in [-0.2, 0) is 4.74 Å². The average Bonchev–Trinajstić information content (AvgIpc) is 2.26. The van der Waals surface area contributed by atoms with Gasteiger partial charge in [0.15, 0.2) is 5.11 Å². The highest BCUT2D eigenvalue weighted by Crippen LogP contribution is 2.29. The van der Waals surface area contributed by atoms with Crippen molar-refractivity contribution in [3.05, 3.63) is 0 Å². The van der Waals surface area contributed by atoms with Crippen molar-refractivity contribution in [1.82, 2.24) is 15.1 Å². The Morgan fingerprint density at radius 2 is 1.89 bits per heavy atom. The van der Waals surface area contributed by atoms with Crippen molar-refractivity contribution in [2.24, 2.45) is 0 Å². The molecule has 2 saturated heterocycles. The van der Waals surface area contributed by atoms with E-state index >= 15 is 0 Å². The molecule has 5 nitrogen and oxygen atoms in total. The highest BCUT2D eigenvalue weighted by atomic mass is 32.1. The van der Waals surface area contributed by atoms with Gasteiger partial charge >= 0.3 is 0 Å². The van der Waals surface area contributed by atoms with E-state index in [2.05, 4.69) is 24.1 Å². The molecule has 0 aromatic carbocycles. The molecule has 0 aliphatic carbocycles. The largest absolute Gasteiger partial charge is 0.379 e. The van der Waals surface area contributed by atoms with Gasteiger partial charge in [-0.25, -0.2) is 0 Å². The van der Waals surface area contributed by atoms with E-state index < -0.39 is 5.72 Å². The first-order chi connectivity index (χ1) is 8.80. The number of morpholine rings is 1. The maximum Gasteiger partial charge on any atom is 0.171 e. The fourth-order valence-electron chi connectivity index (χ4n) is 2.96. The van der Waals surface area contributed by atoms with Crippen molar-refractivity contribution in [1.29, 1.82) is 0 Å². The van der Waals surface area contributed by atoms with Gasteiger partial charge < -0.3 is 20.1 Å². The van der Waals surface area contributed by atoms with E-state index in [9.17, 15) is 5.11 Å². The summed E-state index contributed by atoms with van der Waals surface area (Å²) in [6.07, 6.45) is 0.656. The monoisotopic (exact) mass is 287 g/mol. The molecule has 0 saturated carbocycles. The minimum absolute atomic E-state index is 0.157. The van der Waals surface area contributed by atoms with E-state index in [1.54, 1.807) is 0 Å². The Kier molecular flexibility index (Phi) is 4.35. The van der Waals surface area contributed by atoms with Gasteiger partial charge in [0.1, 0.15) is 5.72 Å². The van der Waals surface area contributed by atoms with Crippen LogP contribution in [0.3, 0.4) is 0 Å². The number of aliphatic hydroxyl groups is 1. The molecule has 2 fully saturated rings. The highest BCUT2D eigenvalue weighted by molar-refractivity contribution is 7.80. The molecular weight excluding hydrogens is 262 g/mol. The SMILES string of the molecule is CC1(C)CC(C)(O)N(CCN2CCOCC2)C(=S)N1. The lowest BCUT2D eigenvalue weighted by molar-refractivity contribution is -0.0917. The molecule has 19 heavy (non-hydrogen) atoms. The van der Waals surface area contributed by atoms with Crippen LogP contribution in [0.5, 0.6) is 0 Å². The summed E-state index contributed by atoms with van der Waals surface area (Å²) in [5, 5.41) is 14.6. The van der Waals surface area contributed by atoms with Gasteiger partial charge in [-0.3, -0.25) is 4.90 Å². The van der Waals surface area contributed by atoms with Crippen molar-refractivity contribution < 1.29 is 9.84 Å². The highest BCUT2D eigenvalue weighted by Gasteiger charge is 2.42. The molecule has 0 bridgehead atoms. The van der Waals surface area contributed by atoms with E-state index in [4.69, 9.17) is 17.0 Å². The van der Waals surface area contributed by atoms with Gasteiger partial charge in [0.05, 0.1) is 13.2 Å². The van der Waals surface area contributed by atoms with Crippen LogP contribution >= 0.6 is 12.2 Å². The van der Waals surface area contributed by atoms with Crippen molar-refractivity contribution in [3.63, 3.8) is 0 Å². The first kappa shape index (κ1) is 15.0. The summed E-state index contributed by atoms with van der Waals surface area (Å²) < 4.78 is 5.34. The summed E-state index contributed by atoms with van der Waals surface area (Å²) in [5.74, 6) is 0. The van der Waals surface area contributed by atoms with Crippen LogP contribution in [0.25, 0.3) is 0 Å². The Morgan fingerprint density at radius 3 is 2.47 bits per heavy atom. The molecule has 110 valence electrons. The molecule has 1 unspecified atom stereocenters. The number of ether oxygens (including phenoxy) is 1. The van der Waals surface area contributed by atoms with Crippen LogP contribution in [0.1, 0.15) is 27.2 Å². The molecular formula is C13H25N3O2S. The van der Waals surface area contributed by atoms with Crippen molar-refractivity contribution in [3.8, 4) is 0 Å². The normalized spacial score (nSPS) is 32.2. The molecule has 2 rings (SSSR count). The molecule has 0 amide bonds. The Labute approximate surface area is 120 Å². The van der Waals surface area contributed by atoms with E-state index in [0.717, 1.165) is 39.4 Å². The average molecular weight is 287 g/mol. The number of hydrogen-bond donors (Lipinski definition) is 2. The first-order valence-electron chi connectivity index (χ1n) is 6.92. The Bertz CT molecular complexity index is 341. The third-order valence-corrected chi connectivity index (χ3v) is 4.11. The number of rotatable bonds is 3. The van der Waals surface area contributed by atoms with Crippen molar-refractivity contribution in [2.45, 2.75) is 38.5 Å². The van der Waals surface area contributed by atoms with E-state index in [1.807, 2.05) is 11.8 Å². The maximum atomic E-state index is 10.6. The van der Waals surface area contributed by atoms with Crippen LogP contribution in [-0.4, -0.2) is 70.7 Å². The first-order valence-corrected chi connectivity index (χ1v) is 7.33. The van der Waals surface area contributed by atoms with Gasteiger partial charge in [0.2, 0.25) is 0 Å². The van der Waals surface area contributed by atoms with Crippen molar-refractivity contribution >= 4 is 17.3 Å². The number of nitrogens with one attached hydrogen (secondary N) is 1. The van der Waals surface area contributed by atoms with Crippen LogP contribution in [0.15, 0.2) is 0 Å². The summed E-state index contributed by atoms with van der Waals surface area (Å²) in [4.78, 5) is 4.25. The molecule has 2 N–H and O–H groups in total. The summed E-state index contributed by atoms with van der Waals surface area (Å²) in [5.41, 5.74) is -1.03. The number of thiocarbonyl (C=S) groups is 1. The van der Waals surface area contributed by atoms with Crippen molar-refractivity contribution in [2.75, 3.05) is 39.4 Å². The summed E-state index contributed by atoms with van der Waals surface area (Å²) in [7, 11) is 0. The second-order valence-electron chi connectivity index (χ2n) is 6.31. The second kappa shape index (κ2) is 5.52.